The lowest BCUT2D eigenvalue weighted by Crippen LogP contribution is -2.66. The van der Waals surface area contributed by atoms with Gasteiger partial charge in [-0.3, -0.25) is 9.59 Å². The third-order valence-electron chi connectivity index (χ3n) is 13.4. The number of carbonyl (C=O) groups excluding carboxylic acids is 1. The van der Waals surface area contributed by atoms with Crippen molar-refractivity contribution in [1.29, 1.82) is 0 Å². The predicted octanol–water partition coefficient (Wildman–Crippen LogP) is 7.46. The summed E-state index contributed by atoms with van der Waals surface area (Å²) < 4.78 is 6.25. The van der Waals surface area contributed by atoms with Gasteiger partial charge in [0.1, 0.15) is 0 Å². The Morgan fingerprint density at radius 2 is 1.64 bits per heavy atom. The molecule has 1 N–H and O–H groups in total. The molecule has 0 spiro atoms. The van der Waals surface area contributed by atoms with E-state index in [1.54, 1.807) is 0 Å². The zero-order valence-electron chi connectivity index (χ0n) is 24.1. The fourth-order valence-corrected chi connectivity index (χ4v) is 10.8. The molecule has 0 heterocycles. The van der Waals surface area contributed by atoms with Crippen LogP contribution in [-0.2, 0) is 14.3 Å². The average molecular weight is 499 g/mol. The Balaban J connectivity index is 1.59. The number of ether oxygens (including phenoxy) is 1. The molecule has 2 unspecified atom stereocenters. The first kappa shape index (κ1) is 26.4. The molecule has 0 radical (unpaired) electrons. The zero-order chi connectivity index (χ0) is 26.5. The van der Waals surface area contributed by atoms with Gasteiger partial charge in [0.25, 0.3) is 0 Å². The molecule has 0 amide bonds. The molecular formula is C32H50O4. The highest BCUT2D eigenvalue weighted by molar-refractivity contribution is 5.95. The monoisotopic (exact) mass is 498 g/mol. The summed E-state index contributed by atoms with van der Waals surface area (Å²) in [6.07, 6.45) is 11.2. The number of aliphatic carboxylic acids is 1. The molecule has 4 saturated carbocycles. The summed E-state index contributed by atoms with van der Waals surface area (Å²) in [6, 6.07) is 0. The Morgan fingerprint density at radius 1 is 0.972 bits per heavy atom. The summed E-state index contributed by atoms with van der Waals surface area (Å²) in [7, 11) is 0. The van der Waals surface area contributed by atoms with Crippen LogP contribution in [0.3, 0.4) is 0 Å². The summed E-state index contributed by atoms with van der Waals surface area (Å²) in [5.74, 6) is 0.330. The molecule has 0 bridgehead atoms. The van der Waals surface area contributed by atoms with Crippen LogP contribution in [0.2, 0.25) is 0 Å². The number of ketones is 1. The normalized spacial score (nSPS) is 51.8. The van der Waals surface area contributed by atoms with Crippen LogP contribution in [-0.4, -0.2) is 29.6 Å². The van der Waals surface area contributed by atoms with Crippen LogP contribution in [0.5, 0.6) is 0 Å². The molecule has 0 saturated heterocycles. The van der Waals surface area contributed by atoms with E-state index in [9.17, 15) is 14.7 Å². The first-order chi connectivity index (χ1) is 16.6. The van der Waals surface area contributed by atoms with Crippen LogP contribution in [0.15, 0.2) is 11.6 Å². The molecule has 36 heavy (non-hydrogen) atoms. The number of hydrogen-bond acceptors (Lipinski definition) is 3. The van der Waals surface area contributed by atoms with Crippen LogP contribution in [0, 0.1) is 50.2 Å². The Labute approximate surface area is 219 Å². The van der Waals surface area contributed by atoms with Gasteiger partial charge in [0.05, 0.1) is 11.5 Å². The van der Waals surface area contributed by atoms with Gasteiger partial charge >= 0.3 is 5.97 Å². The van der Waals surface area contributed by atoms with Gasteiger partial charge in [-0.05, 0) is 117 Å². The highest BCUT2D eigenvalue weighted by atomic mass is 16.5. The highest BCUT2D eigenvalue weighted by Crippen LogP contribution is 2.75. The summed E-state index contributed by atoms with van der Waals surface area (Å²) >= 11 is 0. The van der Waals surface area contributed by atoms with Gasteiger partial charge in [-0.25, -0.2) is 0 Å². The van der Waals surface area contributed by atoms with Crippen molar-refractivity contribution in [2.24, 2.45) is 50.2 Å². The van der Waals surface area contributed by atoms with Gasteiger partial charge in [-0.15, -0.1) is 0 Å². The van der Waals surface area contributed by atoms with Gasteiger partial charge < -0.3 is 9.84 Å². The minimum Gasteiger partial charge on any atom is -0.481 e. The molecule has 9 atom stereocenters. The summed E-state index contributed by atoms with van der Waals surface area (Å²) in [6.45, 7) is 19.2. The quantitative estimate of drug-likeness (QED) is 0.439. The Kier molecular flexibility index (Phi) is 5.83. The van der Waals surface area contributed by atoms with Crippen molar-refractivity contribution >= 4 is 11.8 Å². The van der Waals surface area contributed by atoms with Crippen molar-refractivity contribution in [2.45, 2.75) is 119 Å². The maximum Gasteiger partial charge on any atom is 0.309 e. The number of hydrogen-bond donors (Lipinski definition) is 1. The topological polar surface area (TPSA) is 63.6 Å². The second-order valence-electron chi connectivity index (χ2n) is 15.4. The van der Waals surface area contributed by atoms with E-state index in [4.69, 9.17) is 4.74 Å². The van der Waals surface area contributed by atoms with Crippen molar-refractivity contribution in [1.82, 2.24) is 0 Å². The number of carboxylic acids is 1. The number of allylic oxidation sites excluding steroid dienone is 2. The molecule has 5 aliphatic rings. The lowest BCUT2D eigenvalue weighted by atomic mass is 9.33. The van der Waals surface area contributed by atoms with E-state index in [0.29, 0.717) is 18.1 Å². The van der Waals surface area contributed by atoms with E-state index in [1.165, 1.54) is 5.57 Å². The van der Waals surface area contributed by atoms with Crippen LogP contribution >= 0.6 is 0 Å². The van der Waals surface area contributed by atoms with E-state index >= 15 is 0 Å². The summed E-state index contributed by atoms with van der Waals surface area (Å²) in [5, 5.41) is 10.1. The van der Waals surface area contributed by atoms with E-state index in [-0.39, 0.29) is 45.0 Å². The van der Waals surface area contributed by atoms with Crippen molar-refractivity contribution in [3.05, 3.63) is 11.6 Å². The molecule has 0 aromatic heterocycles. The molecule has 4 heteroatoms. The molecule has 0 aromatic carbocycles. The highest BCUT2D eigenvalue weighted by Gasteiger charge is 2.70. The summed E-state index contributed by atoms with van der Waals surface area (Å²) in [5.41, 5.74) is 0.574. The average Bonchev–Trinajstić information content (AvgIpc) is 2.78. The molecule has 4 fully saturated rings. The Hall–Kier alpha value is -1.16. The maximum atomic E-state index is 14.4. The van der Waals surface area contributed by atoms with Crippen LogP contribution in [0.4, 0.5) is 0 Å². The smallest absolute Gasteiger partial charge is 0.309 e. The second kappa shape index (κ2) is 7.93. The standard InChI is InChI=1S/C32H50O4/c1-9-36-24-11-12-30(6)23(27(24,2)3)10-13-32(8)25(30)22(33)18-20-21-19-29(5,26(34)35)15-14-28(21,4)16-17-31(20,32)7/h18,21,23-25H,9-17,19H2,1-8H3,(H,34,35)/t21-,23?,24-,25?,28+,29-,30-,31+,32+/m0/s1. The maximum absolute atomic E-state index is 14.4. The largest absolute Gasteiger partial charge is 0.481 e. The van der Waals surface area contributed by atoms with Crippen LogP contribution < -0.4 is 0 Å². The van der Waals surface area contributed by atoms with Crippen molar-refractivity contribution < 1.29 is 19.4 Å². The molecule has 4 nitrogen and oxygen atoms in total. The SMILES string of the molecule is CCO[C@H]1CC[C@@]2(C)C(CC[C@]3(C)C2C(=O)C=C2[C@@H]4C[C@@](C)(C(=O)O)CC[C@]4(C)CC[C@]23C)C1(C)C. The van der Waals surface area contributed by atoms with E-state index in [2.05, 4.69) is 54.5 Å². The minimum atomic E-state index is -0.699. The molecule has 0 aliphatic heterocycles. The predicted molar refractivity (Wildman–Crippen MR) is 142 cm³/mol. The second-order valence-corrected chi connectivity index (χ2v) is 15.4. The number of carboxylic acid groups (broad SMARTS) is 1. The summed E-state index contributed by atoms with van der Waals surface area (Å²) in [4.78, 5) is 26.6. The van der Waals surface area contributed by atoms with Gasteiger partial charge in [-0.1, -0.05) is 47.1 Å². The van der Waals surface area contributed by atoms with E-state index in [1.807, 2.05) is 6.92 Å². The first-order valence-electron chi connectivity index (χ1n) is 14.7. The lowest BCUT2D eigenvalue weighted by Gasteiger charge is -2.70. The molecule has 5 rings (SSSR count). The van der Waals surface area contributed by atoms with Gasteiger partial charge in [0.15, 0.2) is 5.78 Å². The zero-order valence-corrected chi connectivity index (χ0v) is 24.1. The number of fused-ring (bicyclic) bond motifs is 7. The van der Waals surface area contributed by atoms with Gasteiger partial charge in [0.2, 0.25) is 0 Å². The van der Waals surface area contributed by atoms with Crippen molar-refractivity contribution in [2.75, 3.05) is 6.61 Å². The number of carbonyl (C=O) groups is 2. The van der Waals surface area contributed by atoms with E-state index < -0.39 is 11.4 Å². The number of rotatable bonds is 3. The van der Waals surface area contributed by atoms with Gasteiger partial charge in [-0.2, -0.15) is 0 Å². The lowest BCUT2D eigenvalue weighted by molar-refractivity contribution is -0.208. The third kappa shape index (κ3) is 3.21. The van der Waals surface area contributed by atoms with Crippen LogP contribution in [0.1, 0.15) is 113 Å². The van der Waals surface area contributed by atoms with Crippen molar-refractivity contribution in [3.63, 3.8) is 0 Å². The molecule has 5 aliphatic carbocycles. The van der Waals surface area contributed by atoms with Crippen molar-refractivity contribution in [3.8, 4) is 0 Å². The molecular weight excluding hydrogens is 448 g/mol. The van der Waals surface area contributed by atoms with E-state index in [0.717, 1.165) is 58.0 Å². The van der Waals surface area contributed by atoms with Crippen LogP contribution in [0.25, 0.3) is 0 Å². The minimum absolute atomic E-state index is 0.0261. The fraction of sp³-hybridized carbons (Fsp3) is 0.875. The molecule has 0 aromatic rings. The first-order valence-corrected chi connectivity index (χ1v) is 14.7. The molecule has 202 valence electrons. The third-order valence-corrected chi connectivity index (χ3v) is 13.4. The fourth-order valence-electron chi connectivity index (χ4n) is 10.8. The Bertz CT molecular complexity index is 996. The Morgan fingerprint density at radius 3 is 2.28 bits per heavy atom. The van der Waals surface area contributed by atoms with Gasteiger partial charge in [0, 0.05) is 12.5 Å².